The Morgan fingerprint density at radius 2 is 1.60 bits per heavy atom. The Labute approximate surface area is 117 Å². The molecule has 0 saturated heterocycles. The van der Waals surface area contributed by atoms with Crippen LogP contribution in [0.4, 0.5) is 0 Å². The first-order chi connectivity index (χ1) is 8.93. The molecule has 0 aliphatic rings. The fraction of sp³-hybridized carbons (Fsp3) is 0.667. The topological polar surface area (TPSA) is 121 Å². The normalized spacial score (nSPS) is 13.5. The van der Waals surface area contributed by atoms with E-state index in [1.54, 1.807) is 13.8 Å². The number of aliphatic carboxylic acids is 1. The monoisotopic (exact) mass is 308 g/mol. The van der Waals surface area contributed by atoms with Gasteiger partial charge in [0.1, 0.15) is 10.8 Å². The molecule has 0 aromatic carbocycles. The highest BCUT2D eigenvalue weighted by Crippen LogP contribution is 2.60. The number of ether oxygens (including phenoxy) is 1. The molecular weight excluding hydrogens is 287 g/mol. The molecule has 20 heavy (non-hydrogen) atoms. The molecule has 116 valence electrons. The summed E-state index contributed by atoms with van der Waals surface area (Å²) in [4.78, 5) is 41.1. The number of carboxylic acid groups (broad SMARTS) is 1. The zero-order valence-corrected chi connectivity index (χ0v) is 12.9. The molecule has 0 aromatic rings. The van der Waals surface area contributed by atoms with Gasteiger partial charge in [-0.3, -0.25) is 4.57 Å². The summed E-state index contributed by atoms with van der Waals surface area (Å²) < 4.78 is 16.9. The molecule has 7 nitrogen and oxygen atoms in total. The van der Waals surface area contributed by atoms with Crippen molar-refractivity contribution in [1.29, 1.82) is 0 Å². The largest absolute Gasteiger partial charge is 0.478 e. The van der Waals surface area contributed by atoms with Crippen molar-refractivity contribution < 1.29 is 33.8 Å². The van der Waals surface area contributed by atoms with Crippen molar-refractivity contribution in [2.45, 2.75) is 51.3 Å². The number of carbonyl (C=O) groups excluding carboxylic acids is 1. The van der Waals surface area contributed by atoms with Crippen molar-refractivity contribution in [3.05, 3.63) is 12.2 Å². The third-order valence-corrected chi connectivity index (χ3v) is 5.85. The summed E-state index contributed by atoms with van der Waals surface area (Å²) in [6.45, 7) is 6.02. The lowest BCUT2D eigenvalue weighted by Crippen LogP contribution is -2.51. The first kappa shape index (κ1) is 18.8. The molecule has 0 radical (unpaired) electrons. The number of hydrogen-bond donors (Lipinski definition) is 3. The van der Waals surface area contributed by atoms with Gasteiger partial charge in [-0.25, -0.2) is 9.59 Å². The van der Waals surface area contributed by atoms with Crippen LogP contribution in [0.2, 0.25) is 0 Å². The van der Waals surface area contributed by atoms with Gasteiger partial charge in [0, 0.05) is 12.2 Å². The van der Waals surface area contributed by atoms with Crippen LogP contribution in [0.1, 0.15) is 40.5 Å². The van der Waals surface area contributed by atoms with E-state index in [4.69, 9.17) is 9.84 Å². The van der Waals surface area contributed by atoms with Gasteiger partial charge in [0.15, 0.2) is 0 Å². The minimum absolute atomic E-state index is 0.108. The second kappa shape index (κ2) is 6.52. The molecule has 0 unspecified atom stereocenters. The van der Waals surface area contributed by atoms with Crippen LogP contribution < -0.4 is 0 Å². The lowest BCUT2D eigenvalue weighted by Gasteiger charge is -2.44. The van der Waals surface area contributed by atoms with E-state index in [-0.39, 0.29) is 12.8 Å². The molecule has 0 spiro atoms. The van der Waals surface area contributed by atoms with Crippen molar-refractivity contribution in [3.8, 4) is 0 Å². The van der Waals surface area contributed by atoms with Gasteiger partial charge in [-0.05, 0) is 26.7 Å². The summed E-state index contributed by atoms with van der Waals surface area (Å²) in [5, 5.41) is 6.90. The van der Waals surface area contributed by atoms with E-state index in [1.807, 2.05) is 0 Å². The molecule has 0 bridgehead atoms. The summed E-state index contributed by atoms with van der Waals surface area (Å²) in [6.07, 6.45) is 1.53. The first-order valence-corrected chi connectivity index (χ1v) is 7.74. The lowest BCUT2D eigenvalue weighted by atomic mass is 9.85. The maximum atomic E-state index is 11.8. The second-order valence-corrected chi connectivity index (χ2v) is 6.83. The Kier molecular flexibility index (Phi) is 6.14. The lowest BCUT2D eigenvalue weighted by molar-refractivity contribution is -0.154. The van der Waals surface area contributed by atoms with E-state index >= 15 is 0 Å². The molecule has 0 amide bonds. The van der Waals surface area contributed by atoms with E-state index in [0.717, 1.165) is 0 Å². The van der Waals surface area contributed by atoms with Crippen LogP contribution in [0.25, 0.3) is 0 Å². The molecule has 0 heterocycles. The van der Waals surface area contributed by atoms with Gasteiger partial charge in [0.05, 0.1) is 0 Å². The molecular formula is C12H21O7P. The Balaban J connectivity index is 5.42. The average molecular weight is 308 g/mol. The van der Waals surface area contributed by atoms with Crippen molar-refractivity contribution in [3.63, 3.8) is 0 Å². The predicted octanol–water partition coefficient (Wildman–Crippen LogP) is 1.69. The predicted molar refractivity (Wildman–Crippen MR) is 72.3 cm³/mol. The van der Waals surface area contributed by atoms with Gasteiger partial charge in [-0.2, -0.15) is 0 Å². The molecule has 0 aromatic heterocycles. The molecule has 0 aliphatic heterocycles. The minimum atomic E-state index is -4.54. The number of esters is 1. The maximum Gasteiger partial charge on any atom is 0.335 e. The van der Waals surface area contributed by atoms with Gasteiger partial charge in [0.25, 0.3) is 0 Å². The van der Waals surface area contributed by atoms with Gasteiger partial charge in [-0.15, -0.1) is 0 Å². The van der Waals surface area contributed by atoms with E-state index in [1.165, 1.54) is 13.8 Å². The Hall–Kier alpha value is -1.17. The van der Waals surface area contributed by atoms with E-state index in [9.17, 15) is 23.9 Å². The highest BCUT2D eigenvalue weighted by Gasteiger charge is 2.57. The van der Waals surface area contributed by atoms with Crippen molar-refractivity contribution in [2.75, 3.05) is 0 Å². The van der Waals surface area contributed by atoms with E-state index < -0.39 is 30.3 Å². The Morgan fingerprint density at radius 3 is 1.90 bits per heavy atom. The molecule has 0 saturated carbocycles. The summed E-state index contributed by atoms with van der Waals surface area (Å²) in [7, 11) is -4.54. The quantitative estimate of drug-likeness (QED) is 0.371. The van der Waals surface area contributed by atoms with Crippen LogP contribution in [0, 0.1) is 0 Å². The molecule has 0 fully saturated rings. The highest BCUT2D eigenvalue weighted by molar-refractivity contribution is 7.53. The smallest absolute Gasteiger partial charge is 0.335 e. The van der Waals surface area contributed by atoms with E-state index in [2.05, 4.69) is 0 Å². The van der Waals surface area contributed by atoms with Gasteiger partial charge in [-0.1, -0.05) is 13.8 Å². The molecule has 0 rings (SSSR count). The number of carboxylic acids is 1. The summed E-state index contributed by atoms with van der Waals surface area (Å²) in [6, 6.07) is 0. The van der Waals surface area contributed by atoms with Gasteiger partial charge < -0.3 is 19.6 Å². The van der Waals surface area contributed by atoms with Crippen LogP contribution >= 0.6 is 7.60 Å². The van der Waals surface area contributed by atoms with Gasteiger partial charge in [0.2, 0.25) is 0 Å². The number of carbonyl (C=O) groups is 2. The zero-order chi connectivity index (χ0) is 16.2. The molecule has 8 heteroatoms. The summed E-state index contributed by atoms with van der Waals surface area (Å²) in [5.74, 6) is -2.27. The highest BCUT2D eigenvalue weighted by atomic mass is 31.2. The third kappa shape index (κ3) is 3.91. The van der Waals surface area contributed by atoms with Gasteiger partial charge >= 0.3 is 19.5 Å². The zero-order valence-electron chi connectivity index (χ0n) is 12.0. The minimum Gasteiger partial charge on any atom is -0.478 e. The SMILES string of the molecule is CCC(CC)(C(C)(C)OC(=O)C=CC(=O)O)P(=O)(O)O. The van der Waals surface area contributed by atoms with Crippen LogP contribution in [0.15, 0.2) is 12.2 Å². The van der Waals surface area contributed by atoms with Crippen LogP contribution in [-0.4, -0.2) is 37.6 Å². The standard InChI is InChI=1S/C12H21O7P/c1-5-12(6-2,20(16,17)18)11(3,4)19-10(15)8-7-9(13)14/h7-8H,5-6H2,1-4H3,(H,13,14)(H2,16,17,18). The fourth-order valence-corrected chi connectivity index (χ4v) is 3.95. The number of rotatable bonds is 7. The van der Waals surface area contributed by atoms with Crippen LogP contribution in [0.5, 0.6) is 0 Å². The van der Waals surface area contributed by atoms with Crippen LogP contribution in [-0.2, 0) is 18.9 Å². The van der Waals surface area contributed by atoms with E-state index in [0.29, 0.717) is 12.2 Å². The first-order valence-electron chi connectivity index (χ1n) is 6.13. The average Bonchev–Trinajstić information content (AvgIpc) is 2.25. The second-order valence-electron chi connectivity index (χ2n) is 4.89. The summed E-state index contributed by atoms with van der Waals surface area (Å²) in [5.41, 5.74) is -1.45. The fourth-order valence-electron chi connectivity index (χ4n) is 2.38. The van der Waals surface area contributed by atoms with Crippen molar-refractivity contribution in [1.82, 2.24) is 0 Å². The third-order valence-electron chi connectivity index (χ3n) is 3.57. The van der Waals surface area contributed by atoms with Crippen molar-refractivity contribution >= 4 is 19.5 Å². The number of hydrogen-bond acceptors (Lipinski definition) is 4. The molecule has 0 aliphatic carbocycles. The summed E-state index contributed by atoms with van der Waals surface area (Å²) >= 11 is 0. The van der Waals surface area contributed by atoms with Crippen molar-refractivity contribution in [2.24, 2.45) is 0 Å². The Bertz CT molecular complexity index is 443. The van der Waals surface area contributed by atoms with Crippen LogP contribution in [0.3, 0.4) is 0 Å². The maximum absolute atomic E-state index is 11.8. The molecule has 3 N–H and O–H groups in total. The Morgan fingerprint density at radius 1 is 1.15 bits per heavy atom. The molecule has 0 atom stereocenters.